The molecule has 5 nitrogen and oxygen atoms in total. The molecule has 0 spiro atoms. The first-order valence-corrected chi connectivity index (χ1v) is 8.34. The summed E-state index contributed by atoms with van der Waals surface area (Å²) >= 11 is 5.70. The zero-order valence-electron chi connectivity index (χ0n) is 13.1. The Bertz CT molecular complexity index is 717. The highest BCUT2D eigenvalue weighted by molar-refractivity contribution is 6.31. The number of rotatable bonds is 4. The predicted octanol–water partition coefficient (Wildman–Crippen LogP) is 4.27. The van der Waals surface area contributed by atoms with Crippen LogP contribution in [0.3, 0.4) is 0 Å². The van der Waals surface area contributed by atoms with Crippen LogP contribution in [-0.4, -0.2) is 21.9 Å². The first-order chi connectivity index (χ1) is 11.6. The molecular weight excluding hydrogens is 331 g/mol. The van der Waals surface area contributed by atoms with E-state index >= 15 is 0 Å². The monoisotopic (exact) mass is 348 g/mol. The lowest BCUT2D eigenvalue weighted by Gasteiger charge is -2.22. The van der Waals surface area contributed by atoms with Crippen molar-refractivity contribution in [1.29, 1.82) is 0 Å². The fraction of sp³-hybridized carbons (Fsp3) is 0.353. The number of nitrogens with zero attached hydrogens (tertiary/aromatic N) is 2. The number of hydrogen-bond donors (Lipinski definition) is 2. The Kier molecular flexibility index (Phi) is 5.25. The van der Waals surface area contributed by atoms with Crippen LogP contribution in [0.25, 0.3) is 0 Å². The number of hydrogen-bond acceptors (Lipinski definition) is 4. The summed E-state index contributed by atoms with van der Waals surface area (Å²) in [5.41, 5.74) is 0.737. The summed E-state index contributed by atoms with van der Waals surface area (Å²) in [5.74, 6) is -0.374. The van der Waals surface area contributed by atoms with E-state index < -0.39 is 5.82 Å². The molecule has 1 saturated carbocycles. The number of carbonyl (C=O) groups excluding carboxylic acids is 1. The highest BCUT2D eigenvalue weighted by Gasteiger charge is 2.14. The van der Waals surface area contributed by atoms with Crippen molar-refractivity contribution in [3.8, 4) is 0 Å². The Morgan fingerprint density at radius 1 is 1.17 bits per heavy atom. The van der Waals surface area contributed by atoms with Crippen LogP contribution < -0.4 is 10.6 Å². The molecule has 7 heteroatoms. The second-order valence-electron chi connectivity index (χ2n) is 5.86. The van der Waals surface area contributed by atoms with Gasteiger partial charge in [-0.05, 0) is 31.0 Å². The lowest BCUT2D eigenvalue weighted by atomic mass is 9.96. The molecule has 0 atom stereocenters. The standard InChI is InChI=1S/C17H18ClFN4O/c18-14-8-13(6-7-15(14)19)22-16(24)11-9-20-17(21-10-11)23-12-4-2-1-3-5-12/h6-10,12H,1-5H2,(H,22,24)(H,20,21,23). The van der Waals surface area contributed by atoms with Gasteiger partial charge in [-0.15, -0.1) is 0 Å². The van der Waals surface area contributed by atoms with Gasteiger partial charge in [0, 0.05) is 24.1 Å². The van der Waals surface area contributed by atoms with Crippen LogP contribution in [0.4, 0.5) is 16.0 Å². The third-order valence-corrected chi connectivity index (χ3v) is 4.32. The Morgan fingerprint density at radius 3 is 2.54 bits per heavy atom. The van der Waals surface area contributed by atoms with Crippen LogP contribution in [0.5, 0.6) is 0 Å². The van der Waals surface area contributed by atoms with Crippen molar-refractivity contribution in [1.82, 2.24) is 9.97 Å². The van der Waals surface area contributed by atoms with Gasteiger partial charge in [-0.2, -0.15) is 0 Å². The Labute approximate surface area is 144 Å². The van der Waals surface area contributed by atoms with Gasteiger partial charge in [0.25, 0.3) is 5.91 Å². The SMILES string of the molecule is O=C(Nc1ccc(F)c(Cl)c1)c1cnc(NC2CCCCC2)nc1. The quantitative estimate of drug-likeness (QED) is 0.866. The van der Waals surface area contributed by atoms with E-state index in [1.54, 1.807) is 0 Å². The van der Waals surface area contributed by atoms with Crippen molar-refractivity contribution in [2.45, 2.75) is 38.1 Å². The van der Waals surface area contributed by atoms with Crippen LogP contribution in [0.15, 0.2) is 30.6 Å². The average Bonchev–Trinajstić information content (AvgIpc) is 2.60. The molecule has 1 aliphatic carbocycles. The molecule has 24 heavy (non-hydrogen) atoms. The van der Waals surface area contributed by atoms with Gasteiger partial charge >= 0.3 is 0 Å². The van der Waals surface area contributed by atoms with Crippen molar-refractivity contribution >= 4 is 29.1 Å². The van der Waals surface area contributed by atoms with Gasteiger partial charge in [0.05, 0.1) is 10.6 Å². The molecule has 2 aromatic rings. The van der Waals surface area contributed by atoms with E-state index in [0.29, 0.717) is 23.2 Å². The summed E-state index contributed by atoms with van der Waals surface area (Å²) in [5, 5.41) is 5.89. The zero-order valence-corrected chi connectivity index (χ0v) is 13.8. The topological polar surface area (TPSA) is 66.9 Å². The Balaban J connectivity index is 1.61. The van der Waals surface area contributed by atoms with Gasteiger partial charge in [-0.1, -0.05) is 30.9 Å². The normalized spacial score (nSPS) is 15.1. The largest absolute Gasteiger partial charge is 0.351 e. The smallest absolute Gasteiger partial charge is 0.258 e. The van der Waals surface area contributed by atoms with Gasteiger partial charge in [-0.3, -0.25) is 4.79 Å². The van der Waals surface area contributed by atoms with Crippen molar-refractivity contribution in [3.63, 3.8) is 0 Å². The third kappa shape index (κ3) is 4.20. The molecule has 0 aliphatic heterocycles. The third-order valence-electron chi connectivity index (χ3n) is 4.03. The second kappa shape index (κ2) is 7.57. The maximum Gasteiger partial charge on any atom is 0.258 e. The zero-order chi connectivity index (χ0) is 16.9. The summed E-state index contributed by atoms with van der Waals surface area (Å²) in [6.07, 6.45) is 8.91. The molecule has 0 unspecified atom stereocenters. The minimum atomic E-state index is -0.531. The van der Waals surface area contributed by atoms with Gasteiger partial charge in [0.1, 0.15) is 5.82 Å². The van der Waals surface area contributed by atoms with Crippen molar-refractivity contribution < 1.29 is 9.18 Å². The van der Waals surface area contributed by atoms with Crippen LogP contribution in [0.1, 0.15) is 42.5 Å². The molecule has 3 rings (SSSR count). The van der Waals surface area contributed by atoms with E-state index in [2.05, 4.69) is 20.6 Å². The molecule has 0 bridgehead atoms. The van der Waals surface area contributed by atoms with E-state index in [1.165, 1.54) is 49.9 Å². The molecule has 0 saturated heterocycles. The van der Waals surface area contributed by atoms with Gasteiger partial charge in [0.15, 0.2) is 0 Å². The van der Waals surface area contributed by atoms with E-state index in [-0.39, 0.29) is 10.9 Å². The number of halogens is 2. The molecule has 1 fully saturated rings. The number of carbonyl (C=O) groups is 1. The summed E-state index contributed by atoms with van der Waals surface area (Å²) in [4.78, 5) is 20.6. The number of benzene rings is 1. The van der Waals surface area contributed by atoms with E-state index in [0.717, 1.165) is 12.8 Å². The number of nitrogens with one attached hydrogen (secondary N) is 2. The first kappa shape index (κ1) is 16.6. The lowest BCUT2D eigenvalue weighted by molar-refractivity contribution is 0.102. The number of amides is 1. The minimum Gasteiger partial charge on any atom is -0.351 e. The van der Waals surface area contributed by atoms with E-state index in [1.807, 2.05) is 0 Å². The van der Waals surface area contributed by atoms with Crippen LogP contribution in [0, 0.1) is 5.82 Å². The number of anilines is 2. The fourth-order valence-corrected chi connectivity index (χ4v) is 2.91. The molecule has 1 heterocycles. The second-order valence-corrected chi connectivity index (χ2v) is 6.26. The summed E-state index contributed by atoms with van der Waals surface area (Å²) < 4.78 is 13.1. The highest BCUT2D eigenvalue weighted by atomic mass is 35.5. The average molecular weight is 349 g/mol. The van der Waals surface area contributed by atoms with E-state index in [4.69, 9.17) is 11.6 Å². The molecule has 126 valence electrons. The molecule has 1 aromatic heterocycles. The van der Waals surface area contributed by atoms with E-state index in [9.17, 15) is 9.18 Å². The fourth-order valence-electron chi connectivity index (χ4n) is 2.73. The molecule has 1 aliphatic rings. The highest BCUT2D eigenvalue weighted by Crippen LogP contribution is 2.21. The molecule has 1 aromatic carbocycles. The van der Waals surface area contributed by atoms with Crippen molar-refractivity contribution in [3.05, 3.63) is 47.0 Å². The molecule has 0 radical (unpaired) electrons. The maximum atomic E-state index is 13.1. The van der Waals surface area contributed by atoms with Gasteiger partial charge < -0.3 is 10.6 Å². The summed E-state index contributed by atoms with van der Waals surface area (Å²) in [6.45, 7) is 0. The van der Waals surface area contributed by atoms with Crippen molar-refractivity contribution in [2.75, 3.05) is 10.6 Å². The number of aromatic nitrogens is 2. The first-order valence-electron chi connectivity index (χ1n) is 7.97. The lowest BCUT2D eigenvalue weighted by Crippen LogP contribution is -2.23. The van der Waals surface area contributed by atoms with Crippen LogP contribution >= 0.6 is 11.6 Å². The van der Waals surface area contributed by atoms with Gasteiger partial charge in [-0.25, -0.2) is 14.4 Å². The molecule has 2 N–H and O–H groups in total. The van der Waals surface area contributed by atoms with Crippen molar-refractivity contribution in [2.24, 2.45) is 0 Å². The van der Waals surface area contributed by atoms with Gasteiger partial charge in [0.2, 0.25) is 5.95 Å². The Hall–Kier alpha value is -2.21. The van der Waals surface area contributed by atoms with Crippen LogP contribution in [0.2, 0.25) is 5.02 Å². The van der Waals surface area contributed by atoms with Crippen LogP contribution in [-0.2, 0) is 0 Å². The summed E-state index contributed by atoms with van der Waals surface area (Å²) in [7, 11) is 0. The maximum absolute atomic E-state index is 13.1. The predicted molar refractivity (Wildman–Crippen MR) is 91.9 cm³/mol. The Morgan fingerprint density at radius 2 is 1.88 bits per heavy atom. The minimum absolute atomic E-state index is 0.0453. The summed E-state index contributed by atoms with van der Waals surface area (Å²) in [6, 6.07) is 4.40. The molecular formula is C17H18ClFN4O. The molecule has 1 amide bonds.